The number of aryl methyl sites for hydroxylation is 1. The number of halogens is 3. The minimum absolute atomic E-state index is 0.141. The number of hydrogen-bond acceptors (Lipinski definition) is 3. The Kier molecular flexibility index (Phi) is 7.19. The quantitative estimate of drug-likeness (QED) is 0.731. The number of carbonyl (C=O) groups excluding carboxylic acids is 1. The van der Waals surface area contributed by atoms with Crippen molar-refractivity contribution in [3.63, 3.8) is 0 Å². The average Bonchev–Trinajstić information content (AvgIpc) is 2.51. The third-order valence-electron chi connectivity index (χ3n) is 3.44. The first-order valence-electron chi connectivity index (χ1n) is 7.35. The largest absolute Gasteiger partial charge is 0.497 e. The van der Waals surface area contributed by atoms with Gasteiger partial charge in [-0.25, -0.2) is 0 Å². The molecule has 0 spiro atoms. The maximum absolute atomic E-state index is 12.3. The first-order valence-corrected chi connectivity index (χ1v) is 7.35. The van der Waals surface area contributed by atoms with Gasteiger partial charge in [0, 0.05) is 25.6 Å². The van der Waals surface area contributed by atoms with E-state index in [0.29, 0.717) is 17.9 Å². The van der Waals surface area contributed by atoms with Gasteiger partial charge in [-0.15, -0.1) is 0 Å². The van der Waals surface area contributed by atoms with Crippen LogP contribution in [0.4, 0.5) is 13.2 Å². The summed E-state index contributed by atoms with van der Waals surface area (Å²) in [5.74, 6) is 0.922. The number of hydrogen-bond donors (Lipinski definition) is 0. The van der Waals surface area contributed by atoms with Crippen molar-refractivity contribution in [2.45, 2.75) is 32.4 Å². The zero-order valence-electron chi connectivity index (χ0n) is 13.6. The average molecular weight is 333 g/mol. The lowest BCUT2D eigenvalue weighted by molar-refractivity contribution is -0.145. The minimum Gasteiger partial charge on any atom is -0.497 e. The Hall–Kier alpha value is -1.92. The van der Waals surface area contributed by atoms with E-state index in [4.69, 9.17) is 9.47 Å². The van der Waals surface area contributed by atoms with Crippen molar-refractivity contribution in [1.82, 2.24) is 4.90 Å². The second kappa shape index (κ2) is 8.64. The maximum Gasteiger partial charge on any atom is 0.390 e. The van der Waals surface area contributed by atoms with Crippen LogP contribution >= 0.6 is 0 Å². The number of carbonyl (C=O) groups is 1. The van der Waals surface area contributed by atoms with Crippen LogP contribution in [0, 0.1) is 0 Å². The Morgan fingerprint density at radius 1 is 1.13 bits per heavy atom. The molecular formula is C16H22F3NO3. The summed E-state index contributed by atoms with van der Waals surface area (Å²) in [6.07, 6.45) is -4.69. The van der Waals surface area contributed by atoms with Gasteiger partial charge in [0.15, 0.2) is 0 Å². The zero-order valence-corrected chi connectivity index (χ0v) is 13.6. The normalized spacial score (nSPS) is 11.2. The van der Waals surface area contributed by atoms with Crippen molar-refractivity contribution in [2.75, 3.05) is 27.3 Å². The smallest absolute Gasteiger partial charge is 0.390 e. The highest BCUT2D eigenvalue weighted by molar-refractivity contribution is 5.76. The zero-order chi connectivity index (χ0) is 17.5. The number of amides is 1. The van der Waals surface area contributed by atoms with Crippen LogP contribution in [-0.2, 0) is 11.2 Å². The molecule has 0 saturated heterocycles. The molecule has 4 nitrogen and oxygen atoms in total. The number of ether oxygens (including phenoxy) is 2. The van der Waals surface area contributed by atoms with E-state index in [9.17, 15) is 18.0 Å². The fourth-order valence-electron chi connectivity index (χ4n) is 2.14. The van der Waals surface area contributed by atoms with Crippen LogP contribution in [0.1, 0.15) is 25.3 Å². The van der Waals surface area contributed by atoms with Crippen LogP contribution < -0.4 is 9.47 Å². The number of benzene rings is 1. The summed E-state index contributed by atoms with van der Waals surface area (Å²) < 4.78 is 47.1. The number of rotatable bonds is 8. The highest BCUT2D eigenvalue weighted by Crippen LogP contribution is 2.24. The van der Waals surface area contributed by atoms with Gasteiger partial charge in [-0.1, -0.05) is 0 Å². The predicted octanol–water partition coefficient (Wildman–Crippen LogP) is 3.44. The first kappa shape index (κ1) is 19.1. The summed E-state index contributed by atoms with van der Waals surface area (Å²) >= 11 is 0. The van der Waals surface area contributed by atoms with Gasteiger partial charge < -0.3 is 14.4 Å². The van der Waals surface area contributed by atoms with E-state index < -0.39 is 12.6 Å². The van der Waals surface area contributed by atoms with E-state index in [0.717, 1.165) is 5.56 Å². The molecule has 23 heavy (non-hydrogen) atoms. The minimum atomic E-state index is -4.26. The highest BCUT2D eigenvalue weighted by Gasteiger charge is 2.28. The molecule has 130 valence electrons. The van der Waals surface area contributed by atoms with Crippen LogP contribution in [0.25, 0.3) is 0 Å². The lowest BCUT2D eigenvalue weighted by atomic mass is 10.1. The monoisotopic (exact) mass is 333 g/mol. The van der Waals surface area contributed by atoms with Gasteiger partial charge in [-0.05, 0) is 31.0 Å². The van der Waals surface area contributed by atoms with Gasteiger partial charge in [-0.3, -0.25) is 4.79 Å². The van der Waals surface area contributed by atoms with Gasteiger partial charge >= 0.3 is 6.18 Å². The van der Waals surface area contributed by atoms with E-state index >= 15 is 0 Å². The van der Waals surface area contributed by atoms with E-state index in [1.807, 2.05) is 0 Å². The van der Waals surface area contributed by atoms with Gasteiger partial charge in [0.25, 0.3) is 0 Å². The van der Waals surface area contributed by atoms with Crippen molar-refractivity contribution >= 4 is 5.91 Å². The first-order chi connectivity index (χ1) is 10.8. The van der Waals surface area contributed by atoms with Crippen molar-refractivity contribution in [1.29, 1.82) is 0 Å². The lowest BCUT2D eigenvalue weighted by Gasteiger charge is -2.21. The summed E-state index contributed by atoms with van der Waals surface area (Å²) in [5.41, 5.74) is 0.835. The van der Waals surface area contributed by atoms with Gasteiger partial charge in [-0.2, -0.15) is 13.2 Å². The van der Waals surface area contributed by atoms with Crippen molar-refractivity contribution < 1.29 is 27.4 Å². The van der Waals surface area contributed by atoms with E-state index in [-0.39, 0.29) is 25.4 Å². The molecule has 1 aromatic carbocycles. The molecule has 0 aliphatic rings. The molecular weight excluding hydrogens is 311 g/mol. The lowest BCUT2D eigenvalue weighted by Crippen LogP contribution is -2.34. The van der Waals surface area contributed by atoms with E-state index in [1.165, 1.54) is 19.1 Å². The second-order valence-corrected chi connectivity index (χ2v) is 5.06. The number of methoxy groups -OCH3 is 2. The van der Waals surface area contributed by atoms with Crippen LogP contribution in [0.2, 0.25) is 0 Å². The molecule has 1 rings (SSSR count). The van der Waals surface area contributed by atoms with Crippen molar-refractivity contribution in [3.8, 4) is 11.5 Å². The third-order valence-corrected chi connectivity index (χ3v) is 3.44. The molecule has 0 aliphatic heterocycles. The summed E-state index contributed by atoms with van der Waals surface area (Å²) in [7, 11) is 3.05. The van der Waals surface area contributed by atoms with Gasteiger partial charge in [0.05, 0.1) is 20.6 Å². The molecule has 0 N–H and O–H groups in total. The Morgan fingerprint density at radius 2 is 1.70 bits per heavy atom. The Bertz CT molecular complexity index is 496. The fourth-order valence-corrected chi connectivity index (χ4v) is 2.14. The standard InChI is InChI=1S/C16H22F3NO3/c1-4-20(8-7-16(17,18)19)15(21)6-5-12-9-13(22-2)11-14(10-12)23-3/h9-11H,4-8H2,1-3H3. The fraction of sp³-hybridized carbons (Fsp3) is 0.562. The second-order valence-electron chi connectivity index (χ2n) is 5.06. The molecule has 0 aromatic heterocycles. The summed E-state index contributed by atoms with van der Waals surface area (Å²) in [4.78, 5) is 13.3. The Labute approximate surface area is 134 Å². The summed E-state index contributed by atoms with van der Waals surface area (Å²) in [5, 5.41) is 0. The van der Waals surface area contributed by atoms with E-state index in [2.05, 4.69) is 0 Å². The van der Waals surface area contributed by atoms with Crippen LogP contribution in [0.5, 0.6) is 11.5 Å². The predicted molar refractivity (Wildman–Crippen MR) is 80.8 cm³/mol. The molecule has 0 fully saturated rings. The Balaban J connectivity index is 2.63. The molecule has 0 unspecified atom stereocenters. The highest BCUT2D eigenvalue weighted by atomic mass is 19.4. The number of nitrogens with zero attached hydrogens (tertiary/aromatic N) is 1. The molecule has 0 aliphatic carbocycles. The number of alkyl halides is 3. The topological polar surface area (TPSA) is 38.8 Å². The van der Waals surface area contributed by atoms with Gasteiger partial charge in [0.1, 0.15) is 11.5 Å². The SMILES string of the molecule is CCN(CCC(F)(F)F)C(=O)CCc1cc(OC)cc(OC)c1. The van der Waals surface area contributed by atoms with Crippen molar-refractivity contribution in [2.24, 2.45) is 0 Å². The van der Waals surface area contributed by atoms with Crippen LogP contribution in [0.15, 0.2) is 18.2 Å². The third kappa shape index (κ3) is 6.80. The molecule has 1 amide bonds. The maximum atomic E-state index is 12.3. The summed E-state index contributed by atoms with van der Waals surface area (Å²) in [6.45, 7) is 1.62. The molecule has 0 atom stereocenters. The molecule has 7 heteroatoms. The Morgan fingerprint density at radius 3 is 2.13 bits per heavy atom. The molecule has 0 heterocycles. The van der Waals surface area contributed by atoms with Gasteiger partial charge in [0.2, 0.25) is 5.91 Å². The molecule has 0 radical (unpaired) electrons. The molecule has 0 saturated carbocycles. The molecule has 0 bridgehead atoms. The molecule has 1 aromatic rings. The van der Waals surface area contributed by atoms with E-state index in [1.54, 1.807) is 25.1 Å². The van der Waals surface area contributed by atoms with Crippen LogP contribution in [0.3, 0.4) is 0 Å². The van der Waals surface area contributed by atoms with Crippen molar-refractivity contribution in [3.05, 3.63) is 23.8 Å². The van der Waals surface area contributed by atoms with Crippen LogP contribution in [-0.4, -0.2) is 44.3 Å². The summed E-state index contributed by atoms with van der Waals surface area (Å²) in [6, 6.07) is 5.27.